The van der Waals surface area contributed by atoms with Crippen LogP contribution in [-0.2, 0) is 16.4 Å². The minimum atomic E-state index is -3.80. The van der Waals surface area contributed by atoms with Gasteiger partial charge in [-0.15, -0.1) is 5.14 Å². The van der Waals surface area contributed by atoms with Crippen molar-refractivity contribution in [2.45, 2.75) is 18.2 Å². The predicted molar refractivity (Wildman–Crippen MR) is 46.1 cm³/mol. The van der Waals surface area contributed by atoms with Gasteiger partial charge in [0.1, 0.15) is 0 Å². The van der Waals surface area contributed by atoms with Gasteiger partial charge < -0.3 is 0 Å². The Morgan fingerprint density at radius 1 is 1.33 bits per heavy atom. The van der Waals surface area contributed by atoms with Crippen molar-refractivity contribution in [3.63, 3.8) is 0 Å². The van der Waals surface area contributed by atoms with Gasteiger partial charge in [0.05, 0.1) is 4.90 Å². The van der Waals surface area contributed by atoms with Gasteiger partial charge in [0.2, 0.25) is 0 Å². The maximum absolute atomic E-state index is 10.9. The number of rotatable bonds is 2. The lowest BCUT2D eigenvalue weighted by molar-refractivity contribution is 0.595. The van der Waals surface area contributed by atoms with Crippen molar-refractivity contribution < 1.29 is 8.42 Å². The molecule has 0 aliphatic rings. The van der Waals surface area contributed by atoms with Crippen LogP contribution in [0.5, 0.6) is 0 Å². The molecule has 1 aromatic carbocycles. The molecule has 4 heteroatoms. The van der Waals surface area contributed by atoms with E-state index < -0.39 is 10.0 Å². The predicted octanol–water partition coefficient (Wildman–Crippen LogP) is 1.22. The molecule has 0 amide bonds. The standard InChI is InChI=1S/C8H10NO2S/c1-2-7-5-3-4-6-8(7)12(9,10)11/h3-6,9H,2H2,1H3. The van der Waals surface area contributed by atoms with E-state index >= 15 is 0 Å². The van der Waals surface area contributed by atoms with Gasteiger partial charge in [0.15, 0.2) is 0 Å². The monoisotopic (exact) mass is 184 g/mol. The SMILES string of the molecule is CCc1ccccc1S([NH])(=O)=O. The number of nitrogens with one attached hydrogen (secondary N) is 1. The molecule has 0 unspecified atom stereocenters. The van der Waals surface area contributed by atoms with E-state index in [1.54, 1.807) is 18.2 Å². The Labute approximate surface area is 72.3 Å². The Bertz CT molecular complexity index is 370. The Kier molecular flexibility index (Phi) is 2.49. The normalized spacial score (nSPS) is 11.5. The van der Waals surface area contributed by atoms with Gasteiger partial charge in [-0.1, -0.05) is 25.1 Å². The molecule has 0 heterocycles. The average molecular weight is 184 g/mol. The first-order valence-electron chi connectivity index (χ1n) is 3.63. The summed E-state index contributed by atoms with van der Waals surface area (Å²) in [5.74, 6) is 0. The Balaban J connectivity index is 3.33. The highest BCUT2D eigenvalue weighted by Gasteiger charge is 2.11. The third-order valence-corrected chi connectivity index (χ3v) is 2.62. The van der Waals surface area contributed by atoms with Crippen LogP contribution in [0.15, 0.2) is 29.2 Å². The van der Waals surface area contributed by atoms with Crippen molar-refractivity contribution in [1.29, 1.82) is 0 Å². The average Bonchev–Trinajstić information content (AvgIpc) is 2.03. The highest BCUT2D eigenvalue weighted by atomic mass is 32.2. The van der Waals surface area contributed by atoms with Crippen molar-refractivity contribution in [2.75, 3.05) is 0 Å². The number of aryl methyl sites for hydroxylation is 1. The van der Waals surface area contributed by atoms with Gasteiger partial charge in [-0.25, -0.2) is 8.42 Å². The summed E-state index contributed by atoms with van der Waals surface area (Å²) in [6.45, 7) is 1.87. The maximum Gasteiger partial charge on any atom is 0.254 e. The molecular formula is C8H10NO2S. The van der Waals surface area contributed by atoms with Crippen LogP contribution >= 0.6 is 0 Å². The minimum Gasteiger partial charge on any atom is -0.206 e. The van der Waals surface area contributed by atoms with E-state index in [1.807, 2.05) is 6.92 Å². The third kappa shape index (κ3) is 1.84. The highest BCUT2D eigenvalue weighted by Crippen LogP contribution is 2.14. The zero-order valence-corrected chi connectivity index (χ0v) is 7.56. The molecule has 0 spiro atoms. The van der Waals surface area contributed by atoms with E-state index in [2.05, 4.69) is 0 Å². The molecule has 1 N–H and O–H groups in total. The van der Waals surface area contributed by atoms with Gasteiger partial charge in [0, 0.05) is 0 Å². The summed E-state index contributed by atoms with van der Waals surface area (Å²) >= 11 is 0. The lowest BCUT2D eigenvalue weighted by Crippen LogP contribution is -2.03. The number of hydrogen-bond acceptors (Lipinski definition) is 2. The van der Waals surface area contributed by atoms with Gasteiger partial charge in [-0.2, -0.15) is 0 Å². The molecule has 3 nitrogen and oxygen atoms in total. The van der Waals surface area contributed by atoms with Crippen LogP contribution in [0, 0.1) is 0 Å². The van der Waals surface area contributed by atoms with Crippen molar-refractivity contribution in [3.05, 3.63) is 29.8 Å². The summed E-state index contributed by atoms with van der Waals surface area (Å²) in [4.78, 5) is 0.118. The topological polar surface area (TPSA) is 57.9 Å². The second kappa shape index (κ2) is 3.25. The first-order chi connectivity index (χ1) is 5.55. The van der Waals surface area contributed by atoms with E-state index in [1.165, 1.54) is 6.07 Å². The van der Waals surface area contributed by atoms with Crippen molar-refractivity contribution in [2.24, 2.45) is 0 Å². The molecule has 0 aliphatic carbocycles. The van der Waals surface area contributed by atoms with Crippen molar-refractivity contribution in [1.82, 2.24) is 5.14 Å². The Morgan fingerprint density at radius 2 is 1.92 bits per heavy atom. The van der Waals surface area contributed by atoms with E-state index in [9.17, 15) is 8.42 Å². The third-order valence-electron chi connectivity index (χ3n) is 1.64. The van der Waals surface area contributed by atoms with Crippen LogP contribution in [0.2, 0.25) is 0 Å². The number of benzene rings is 1. The molecule has 0 bridgehead atoms. The van der Waals surface area contributed by atoms with Gasteiger partial charge in [0.25, 0.3) is 10.0 Å². The quantitative estimate of drug-likeness (QED) is 0.693. The first-order valence-corrected chi connectivity index (χ1v) is 5.11. The van der Waals surface area contributed by atoms with E-state index in [0.717, 1.165) is 0 Å². The second-order valence-electron chi connectivity index (χ2n) is 2.46. The Morgan fingerprint density at radius 3 is 2.33 bits per heavy atom. The van der Waals surface area contributed by atoms with E-state index in [4.69, 9.17) is 5.14 Å². The molecule has 0 aliphatic heterocycles. The summed E-state index contributed by atoms with van der Waals surface area (Å²) in [6, 6.07) is 6.58. The van der Waals surface area contributed by atoms with Crippen LogP contribution in [0.4, 0.5) is 0 Å². The van der Waals surface area contributed by atoms with Gasteiger partial charge in [-0.05, 0) is 18.1 Å². The molecule has 0 saturated carbocycles. The summed E-state index contributed by atoms with van der Waals surface area (Å²) < 4.78 is 21.8. The molecule has 1 radical (unpaired) electrons. The fourth-order valence-corrected chi connectivity index (χ4v) is 1.87. The molecule has 12 heavy (non-hydrogen) atoms. The zero-order chi connectivity index (χ0) is 9.19. The first kappa shape index (κ1) is 9.22. The molecule has 1 aromatic rings. The lowest BCUT2D eigenvalue weighted by atomic mass is 10.2. The van der Waals surface area contributed by atoms with Gasteiger partial charge in [-0.3, -0.25) is 0 Å². The summed E-state index contributed by atoms with van der Waals surface area (Å²) in [7, 11) is -3.80. The van der Waals surface area contributed by atoms with Crippen LogP contribution in [-0.4, -0.2) is 8.42 Å². The highest BCUT2D eigenvalue weighted by molar-refractivity contribution is 7.88. The molecule has 65 valence electrons. The van der Waals surface area contributed by atoms with Crippen LogP contribution in [0.25, 0.3) is 0 Å². The smallest absolute Gasteiger partial charge is 0.206 e. The van der Waals surface area contributed by atoms with E-state index in [-0.39, 0.29) is 4.90 Å². The summed E-state index contributed by atoms with van der Waals surface area (Å²) in [5.41, 5.74) is 0.701. The fourth-order valence-electron chi connectivity index (χ4n) is 1.06. The van der Waals surface area contributed by atoms with Crippen LogP contribution in [0.1, 0.15) is 12.5 Å². The maximum atomic E-state index is 10.9. The summed E-state index contributed by atoms with van der Waals surface area (Å²) in [6.07, 6.45) is 0.633. The minimum absolute atomic E-state index is 0.118. The molecule has 0 aromatic heterocycles. The van der Waals surface area contributed by atoms with Gasteiger partial charge >= 0.3 is 0 Å². The molecule has 0 fully saturated rings. The lowest BCUT2D eigenvalue weighted by Gasteiger charge is -2.02. The van der Waals surface area contributed by atoms with Crippen LogP contribution in [0.3, 0.4) is 0 Å². The Hall–Kier alpha value is -0.870. The largest absolute Gasteiger partial charge is 0.254 e. The second-order valence-corrected chi connectivity index (χ2v) is 3.91. The van der Waals surface area contributed by atoms with Crippen molar-refractivity contribution >= 4 is 10.0 Å². The van der Waals surface area contributed by atoms with Crippen molar-refractivity contribution in [3.8, 4) is 0 Å². The van der Waals surface area contributed by atoms with Crippen LogP contribution < -0.4 is 5.14 Å². The number of sulfonamides is 1. The fraction of sp³-hybridized carbons (Fsp3) is 0.250. The molecule has 1 rings (SSSR count). The molecule has 0 saturated heterocycles. The van der Waals surface area contributed by atoms with E-state index in [0.29, 0.717) is 12.0 Å². The zero-order valence-electron chi connectivity index (χ0n) is 6.74. The number of hydrogen-bond donors (Lipinski definition) is 0. The molecular weight excluding hydrogens is 174 g/mol. The molecule has 0 atom stereocenters. The summed E-state index contributed by atoms with van der Waals surface area (Å²) in [5, 5.41) is 6.89.